The Hall–Kier alpha value is -6.30. The lowest BCUT2D eigenvalue weighted by Gasteiger charge is -2.60. The average Bonchev–Trinajstić information content (AvgIpc) is 4.38. The minimum absolute atomic E-state index is 0. The summed E-state index contributed by atoms with van der Waals surface area (Å²) < 4.78 is 74.3. The predicted molar refractivity (Wildman–Crippen MR) is 322 cm³/mol. The lowest BCUT2D eigenvalue weighted by atomic mass is 9.52. The van der Waals surface area contributed by atoms with Crippen molar-refractivity contribution in [2.24, 2.45) is 33.5 Å². The summed E-state index contributed by atoms with van der Waals surface area (Å²) in [6.07, 6.45) is 2.45. The molecule has 0 N–H and O–H groups in total. The molecule has 8 aliphatic rings. The fourth-order valence-electron chi connectivity index (χ4n) is 8.85. The van der Waals surface area contributed by atoms with Crippen LogP contribution in [-0.2, 0) is 95.0 Å². The van der Waals surface area contributed by atoms with Gasteiger partial charge in [0, 0.05) is 12.8 Å². The zero-order valence-electron chi connectivity index (χ0n) is 47.8. The molecule has 0 amide bonds. The van der Waals surface area contributed by atoms with E-state index in [9.17, 15) is 47.9 Å². The minimum atomic E-state index is -0.780. The monoisotopic (exact) mass is 1260 g/mol. The summed E-state index contributed by atoms with van der Waals surface area (Å²) in [6.45, 7) is 22.4. The zero-order chi connectivity index (χ0) is 59.0. The lowest BCUT2D eigenvalue weighted by Crippen LogP contribution is -2.62. The van der Waals surface area contributed by atoms with Crippen molar-refractivity contribution < 1.29 is 119 Å². The Bertz CT molecular complexity index is 2150. The Morgan fingerprint density at radius 1 is 0.425 bits per heavy atom. The van der Waals surface area contributed by atoms with E-state index in [0.717, 1.165) is 38.5 Å². The number of hydrogen-bond donors (Lipinski definition) is 0. The fraction of sp³-hybridized carbons (Fsp3) is 0.839. The Balaban J connectivity index is -0.000000346. The van der Waals surface area contributed by atoms with E-state index < -0.39 is 100 Å². The number of carbonyl (C=O) groups is 10. The molecule has 4 heterocycles. The highest BCUT2D eigenvalue weighted by Crippen LogP contribution is 2.60. The number of esters is 5. The molecule has 87 heavy (non-hydrogen) atoms. The Morgan fingerprint density at radius 2 is 0.747 bits per heavy atom. The zero-order valence-corrected chi connectivity index (χ0v) is 47.8. The minimum Gasteiger partial charge on any atom is -0.465 e. The first-order valence-corrected chi connectivity index (χ1v) is 27.0. The maximum absolute atomic E-state index is 12.8. The van der Waals surface area contributed by atoms with Gasteiger partial charge in [-0.2, -0.15) is 0 Å². The van der Waals surface area contributed by atoms with E-state index in [4.69, 9.17) is 47.4 Å². The van der Waals surface area contributed by atoms with Gasteiger partial charge in [-0.1, -0.05) is 87.1 Å². The van der Waals surface area contributed by atoms with Gasteiger partial charge in [-0.3, -0.25) is 19.2 Å². The molecule has 8 rings (SSSR count). The number of cyclic esters (lactones) is 8. The van der Waals surface area contributed by atoms with Crippen molar-refractivity contribution in [3.05, 3.63) is 0 Å². The molecule has 4 bridgehead atoms. The van der Waals surface area contributed by atoms with Crippen molar-refractivity contribution in [2.75, 3.05) is 59.5 Å². The molecule has 0 aromatic heterocycles. The third-order valence-electron chi connectivity index (χ3n) is 15.1. The molecular weight excluding hydrogens is 1140 g/mol. The van der Waals surface area contributed by atoms with Gasteiger partial charge in [0.15, 0.2) is 24.9 Å². The molecule has 6 unspecified atom stereocenters. The van der Waals surface area contributed by atoms with E-state index in [2.05, 4.69) is 23.7 Å². The van der Waals surface area contributed by atoms with E-state index in [-0.39, 0.29) is 136 Å². The molecule has 512 valence electrons. The van der Waals surface area contributed by atoms with Crippen LogP contribution in [0.25, 0.3) is 0 Å². The predicted octanol–water partition coefficient (Wildman–Crippen LogP) is 13.3. The van der Waals surface area contributed by atoms with Crippen molar-refractivity contribution in [2.45, 2.75) is 249 Å². The first-order valence-electron chi connectivity index (χ1n) is 27.0. The molecule has 6 atom stereocenters. The molecule has 0 radical (unpaired) electrons. The molecule has 25 heteroatoms. The molecule has 4 saturated heterocycles. The molecule has 0 aromatic carbocycles. The average molecular weight is 1260 g/mol. The third-order valence-corrected chi connectivity index (χ3v) is 15.1. The molecule has 0 aromatic rings. The maximum Gasteiger partial charge on any atom is 0.508 e. The maximum atomic E-state index is 12.8. The van der Waals surface area contributed by atoms with Crippen LogP contribution in [0.1, 0.15) is 213 Å². The normalized spacial score (nSPS) is 23.9. The van der Waals surface area contributed by atoms with Gasteiger partial charge in [-0.15, -0.1) is 0 Å². The van der Waals surface area contributed by atoms with Crippen LogP contribution in [0.4, 0.5) is 24.0 Å². The summed E-state index contributed by atoms with van der Waals surface area (Å²) >= 11 is 0. The van der Waals surface area contributed by atoms with E-state index in [1.165, 1.54) is 0 Å². The van der Waals surface area contributed by atoms with E-state index in [1.807, 2.05) is 69.2 Å². The highest BCUT2D eigenvalue weighted by Gasteiger charge is 2.62. The quantitative estimate of drug-likeness (QED) is 0.0761. The molecule has 4 aliphatic heterocycles. The van der Waals surface area contributed by atoms with Gasteiger partial charge < -0.3 is 71.1 Å². The standard InChI is InChI=1S/C21H30O8.C12H18O7.C11H18O5.C10H16O5.8CH4/c1-4-19(2,3)16(22)28-20-6-13-5-14(7-20)9-21(8-13,12-20)29-18(24)26-11-15-10-25-17(23)27-15;1-4-12(2,3)10(14)17-7-9(13)16-5-8-6-18-11(15)19-8;1-4-11(2,3)9(12)14-6-5-8-7-15-10(13)16-8;1-4-10(2,3)8(11)13-5-7-6-14-9(12)15-7;;;;;;;;/h13-15H,4-12H2,1-3H3;8H,4-7H2,1-3H3;8H,4-7H2,1-3H3;7H,4-6H2,1-3H3;8*1H4. The van der Waals surface area contributed by atoms with E-state index in [0.29, 0.717) is 43.9 Å². The van der Waals surface area contributed by atoms with Crippen LogP contribution in [0.3, 0.4) is 0 Å². The van der Waals surface area contributed by atoms with Crippen molar-refractivity contribution in [3.8, 4) is 0 Å². The van der Waals surface area contributed by atoms with Gasteiger partial charge >= 0.3 is 60.6 Å². The molecule has 0 spiro atoms. The molecule has 4 aliphatic carbocycles. The summed E-state index contributed by atoms with van der Waals surface area (Å²) in [5.74, 6) is -1.07. The summed E-state index contributed by atoms with van der Waals surface area (Å²) in [6, 6.07) is 0. The topological polar surface area (TPSA) is 309 Å². The second-order valence-corrected chi connectivity index (χ2v) is 23.3. The van der Waals surface area contributed by atoms with Gasteiger partial charge in [-0.25, -0.2) is 28.8 Å². The largest absolute Gasteiger partial charge is 0.508 e. The lowest BCUT2D eigenvalue weighted by molar-refractivity contribution is -0.228. The van der Waals surface area contributed by atoms with E-state index in [1.54, 1.807) is 13.8 Å². The number of hydrogen-bond acceptors (Lipinski definition) is 25. The van der Waals surface area contributed by atoms with Gasteiger partial charge in [0.2, 0.25) is 0 Å². The molecule has 4 saturated carbocycles. The molecule has 8 fully saturated rings. The number of carbonyl (C=O) groups excluding carboxylic acids is 10. The Kier molecular flexibility index (Phi) is 40.0. The summed E-state index contributed by atoms with van der Waals surface area (Å²) in [7, 11) is 0. The van der Waals surface area contributed by atoms with E-state index >= 15 is 0 Å². The fourth-order valence-corrected chi connectivity index (χ4v) is 8.85. The van der Waals surface area contributed by atoms with Crippen LogP contribution >= 0.6 is 0 Å². The number of rotatable bonds is 21. The second kappa shape index (κ2) is 38.9. The van der Waals surface area contributed by atoms with Crippen LogP contribution < -0.4 is 0 Å². The SMILES string of the molecule is C.C.C.C.C.C.C.C.CCC(C)(C)C(=O)OC12CC3CC(CC(OC(=O)OCC4COC(=O)O4)(C3)C1)C2.CCC(C)(C)C(=O)OCC(=O)OCC1COC(=O)O1.CCC(C)(C)C(=O)OCC1COC(=O)O1.CCC(C)(C)C(=O)OCCC1COC(=O)O1. The highest BCUT2D eigenvalue weighted by molar-refractivity contribution is 5.80. The summed E-state index contributed by atoms with van der Waals surface area (Å²) in [4.78, 5) is 114. The van der Waals surface area contributed by atoms with Crippen LogP contribution in [0.5, 0.6) is 0 Å². The summed E-state index contributed by atoms with van der Waals surface area (Å²) in [5.41, 5.74) is -3.32. The van der Waals surface area contributed by atoms with Crippen molar-refractivity contribution in [1.29, 1.82) is 0 Å². The molecule has 25 nitrogen and oxygen atoms in total. The Morgan fingerprint density at radius 3 is 1.11 bits per heavy atom. The van der Waals surface area contributed by atoms with Crippen molar-refractivity contribution in [1.82, 2.24) is 0 Å². The Labute approximate surface area is 519 Å². The second-order valence-electron chi connectivity index (χ2n) is 23.3. The van der Waals surface area contributed by atoms with Crippen molar-refractivity contribution in [3.63, 3.8) is 0 Å². The van der Waals surface area contributed by atoms with Gasteiger partial charge in [0.25, 0.3) is 0 Å². The van der Waals surface area contributed by atoms with Gasteiger partial charge in [-0.05, 0) is 125 Å². The van der Waals surface area contributed by atoms with Crippen LogP contribution in [0.2, 0.25) is 0 Å². The summed E-state index contributed by atoms with van der Waals surface area (Å²) in [5, 5.41) is 0. The third kappa shape index (κ3) is 27.7. The highest BCUT2D eigenvalue weighted by atomic mass is 16.8. The van der Waals surface area contributed by atoms with Crippen LogP contribution in [-0.4, -0.2) is 156 Å². The first-order chi connectivity index (χ1) is 36.9. The van der Waals surface area contributed by atoms with Crippen molar-refractivity contribution >= 4 is 60.6 Å². The van der Waals surface area contributed by atoms with Crippen LogP contribution in [0.15, 0.2) is 0 Å². The smallest absolute Gasteiger partial charge is 0.465 e. The molecular formula is C62H114O25. The number of ether oxygens (including phenoxy) is 15. The van der Waals surface area contributed by atoms with Gasteiger partial charge in [0.05, 0.1) is 28.3 Å². The first kappa shape index (κ1) is 89.5. The van der Waals surface area contributed by atoms with Gasteiger partial charge in [0.1, 0.15) is 63.6 Å². The van der Waals surface area contributed by atoms with Crippen LogP contribution in [0, 0.1) is 33.5 Å².